The van der Waals surface area contributed by atoms with E-state index in [1.54, 1.807) is 16.4 Å². The summed E-state index contributed by atoms with van der Waals surface area (Å²) < 4.78 is 32.5. The molecule has 1 aromatic rings. The number of ether oxygens (including phenoxy) is 1. The number of hydrogen-bond donors (Lipinski definition) is 1. The van der Waals surface area contributed by atoms with Gasteiger partial charge < -0.3 is 10.1 Å². The van der Waals surface area contributed by atoms with Gasteiger partial charge in [-0.25, -0.2) is 8.42 Å². The Morgan fingerprint density at radius 3 is 2.41 bits per heavy atom. The number of carbonyl (C=O) groups is 1. The van der Waals surface area contributed by atoms with E-state index >= 15 is 0 Å². The van der Waals surface area contributed by atoms with E-state index in [9.17, 15) is 13.2 Å². The number of carbonyl (C=O) groups excluding carboxylic acids is 1. The SMILES string of the molecule is O=C(CCc1ccc(S(=O)(=O)N2CCCC2)cc1)NCCCOC1CCCCC1. The van der Waals surface area contributed by atoms with Crippen LogP contribution >= 0.6 is 0 Å². The molecule has 0 atom stereocenters. The number of rotatable bonds is 10. The molecule has 2 fully saturated rings. The lowest BCUT2D eigenvalue weighted by molar-refractivity contribution is -0.121. The first kappa shape index (κ1) is 22.2. The summed E-state index contributed by atoms with van der Waals surface area (Å²) in [6.07, 6.45) is 10.3. The van der Waals surface area contributed by atoms with Crippen molar-refractivity contribution in [2.24, 2.45) is 0 Å². The molecule has 7 heteroatoms. The first-order valence-corrected chi connectivity index (χ1v) is 12.5. The van der Waals surface area contributed by atoms with E-state index in [-0.39, 0.29) is 5.91 Å². The summed E-state index contributed by atoms with van der Waals surface area (Å²) >= 11 is 0. The average Bonchev–Trinajstić information content (AvgIpc) is 3.29. The van der Waals surface area contributed by atoms with Gasteiger partial charge in [0.1, 0.15) is 0 Å². The molecule has 0 bridgehead atoms. The van der Waals surface area contributed by atoms with Crippen molar-refractivity contribution >= 4 is 15.9 Å². The van der Waals surface area contributed by atoms with Crippen molar-refractivity contribution in [1.82, 2.24) is 9.62 Å². The summed E-state index contributed by atoms with van der Waals surface area (Å²) in [5.74, 6) is 0.0245. The van der Waals surface area contributed by atoms with E-state index in [1.807, 2.05) is 12.1 Å². The zero-order valence-electron chi connectivity index (χ0n) is 17.3. The van der Waals surface area contributed by atoms with Crippen LogP contribution in [0.15, 0.2) is 29.2 Å². The number of nitrogens with one attached hydrogen (secondary N) is 1. The molecule has 0 spiro atoms. The first-order valence-electron chi connectivity index (χ1n) is 11.0. The quantitative estimate of drug-likeness (QED) is 0.587. The maximum absolute atomic E-state index is 12.5. The van der Waals surface area contributed by atoms with Gasteiger partial charge in [0.15, 0.2) is 0 Å². The fourth-order valence-corrected chi connectivity index (χ4v) is 5.55. The molecule has 2 aliphatic rings. The highest BCUT2D eigenvalue weighted by Gasteiger charge is 2.26. The zero-order chi connectivity index (χ0) is 20.5. The largest absolute Gasteiger partial charge is 0.378 e. The Morgan fingerprint density at radius 1 is 1.03 bits per heavy atom. The molecule has 29 heavy (non-hydrogen) atoms. The fraction of sp³-hybridized carbons (Fsp3) is 0.682. The van der Waals surface area contributed by atoms with Gasteiger partial charge in [-0.2, -0.15) is 4.31 Å². The van der Waals surface area contributed by atoms with E-state index in [2.05, 4.69) is 5.32 Å². The third-order valence-electron chi connectivity index (χ3n) is 5.82. The van der Waals surface area contributed by atoms with Crippen LogP contribution in [0.2, 0.25) is 0 Å². The van der Waals surface area contributed by atoms with Crippen LogP contribution in [0.25, 0.3) is 0 Å². The molecule has 3 rings (SSSR count). The van der Waals surface area contributed by atoms with E-state index in [1.165, 1.54) is 32.1 Å². The molecular weight excluding hydrogens is 388 g/mol. The van der Waals surface area contributed by atoms with Crippen LogP contribution in [0.1, 0.15) is 63.4 Å². The molecule has 1 aromatic carbocycles. The average molecular weight is 423 g/mol. The minimum absolute atomic E-state index is 0.0245. The highest BCUT2D eigenvalue weighted by molar-refractivity contribution is 7.89. The lowest BCUT2D eigenvalue weighted by atomic mass is 9.98. The van der Waals surface area contributed by atoms with Crippen molar-refractivity contribution in [2.75, 3.05) is 26.2 Å². The van der Waals surface area contributed by atoms with Gasteiger partial charge in [-0.15, -0.1) is 0 Å². The zero-order valence-corrected chi connectivity index (χ0v) is 18.1. The molecule has 1 amide bonds. The maximum Gasteiger partial charge on any atom is 0.243 e. The van der Waals surface area contributed by atoms with Gasteiger partial charge in [0.25, 0.3) is 0 Å². The Labute approximate surface area is 175 Å². The molecule has 0 unspecified atom stereocenters. The van der Waals surface area contributed by atoms with Crippen molar-refractivity contribution in [3.05, 3.63) is 29.8 Å². The minimum atomic E-state index is -3.37. The predicted molar refractivity (Wildman–Crippen MR) is 113 cm³/mol. The number of amides is 1. The lowest BCUT2D eigenvalue weighted by Gasteiger charge is -2.21. The molecule has 1 aliphatic heterocycles. The summed E-state index contributed by atoms with van der Waals surface area (Å²) in [4.78, 5) is 12.4. The van der Waals surface area contributed by atoms with Gasteiger partial charge in [-0.05, 0) is 56.2 Å². The highest BCUT2D eigenvalue weighted by atomic mass is 32.2. The smallest absolute Gasteiger partial charge is 0.243 e. The molecule has 1 saturated heterocycles. The van der Waals surface area contributed by atoms with E-state index in [0.717, 1.165) is 24.8 Å². The monoisotopic (exact) mass is 422 g/mol. The van der Waals surface area contributed by atoms with Gasteiger partial charge in [0.05, 0.1) is 11.0 Å². The van der Waals surface area contributed by atoms with Crippen LogP contribution in [-0.4, -0.2) is 51.0 Å². The van der Waals surface area contributed by atoms with Crippen LogP contribution in [0, 0.1) is 0 Å². The molecule has 0 aromatic heterocycles. The Bertz CT molecular complexity index is 737. The molecule has 0 radical (unpaired) electrons. The van der Waals surface area contributed by atoms with Gasteiger partial charge >= 0.3 is 0 Å². The molecule has 1 heterocycles. The first-order chi connectivity index (χ1) is 14.1. The molecule has 1 saturated carbocycles. The summed E-state index contributed by atoms with van der Waals surface area (Å²) in [5, 5.41) is 2.94. The Hall–Kier alpha value is -1.44. The van der Waals surface area contributed by atoms with Crippen LogP contribution < -0.4 is 5.32 Å². The Balaban J connectivity index is 1.32. The summed E-state index contributed by atoms with van der Waals surface area (Å²) in [7, 11) is -3.37. The topological polar surface area (TPSA) is 75.7 Å². The minimum Gasteiger partial charge on any atom is -0.378 e. The second-order valence-corrected chi connectivity index (χ2v) is 10.0. The van der Waals surface area contributed by atoms with Gasteiger partial charge in [0, 0.05) is 32.7 Å². The number of aryl methyl sites for hydroxylation is 1. The van der Waals surface area contributed by atoms with Gasteiger partial charge in [0.2, 0.25) is 15.9 Å². The Kier molecular flexibility index (Phi) is 8.51. The number of nitrogens with zero attached hydrogens (tertiary/aromatic N) is 1. The van der Waals surface area contributed by atoms with E-state index in [4.69, 9.17) is 4.74 Å². The molecular formula is C22H34N2O4S. The van der Waals surface area contributed by atoms with Crippen LogP contribution in [0.5, 0.6) is 0 Å². The highest BCUT2D eigenvalue weighted by Crippen LogP contribution is 2.22. The van der Waals surface area contributed by atoms with E-state index in [0.29, 0.717) is 50.1 Å². The molecule has 1 N–H and O–H groups in total. The third-order valence-corrected chi connectivity index (χ3v) is 7.73. The van der Waals surface area contributed by atoms with Crippen LogP contribution in [0.3, 0.4) is 0 Å². The number of sulfonamides is 1. The number of hydrogen-bond acceptors (Lipinski definition) is 4. The predicted octanol–water partition coefficient (Wildman–Crippen LogP) is 3.26. The molecule has 1 aliphatic carbocycles. The number of benzene rings is 1. The summed E-state index contributed by atoms with van der Waals surface area (Å²) in [6, 6.07) is 6.94. The normalized spacial score (nSPS) is 18.8. The Morgan fingerprint density at radius 2 is 1.72 bits per heavy atom. The van der Waals surface area contributed by atoms with Crippen molar-refractivity contribution < 1.29 is 17.9 Å². The van der Waals surface area contributed by atoms with E-state index < -0.39 is 10.0 Å². The standard InChI is InChI=1S/C22H34N2O4S/c25-22(23-15-6-18-28-20-7-2-1-3-8-20)14-11-19-9-12-21(13-10-19)29(26,27)24-16-4-5-17-24/h9-10,12-13,20H,1-8,11,14-18H2,(H,23,25). The molecule has 162 valence electrons. The van der Waals surface area contributed by atoms with Crippen molar-refractivity contribution in [3.63, 3.8) is 0 Å². The summed E-state index contributed by atoms with van der Waals surface area (Å²) in [6.45, 7) is 2.56. The van der Waals surface area contributed by atoms with Crippen molar-refractivity contribution in [3.8, 4) is 0 Å². The van der Waals surface area contributed by atoms with Crippen LogP contribution in [-0.2, 0) is 26.0 Å². The van der Waals surface area contributed by atoms with Crippen molar-refractivity contribution in [2.45, 2.75) is 75.2 Å². The second-order valence-electron chi connectivity index (χ2n) is 8.09. The third kappa shape index (κ3) is 6.79. The summed E-state index contributed by atoms with van der Waals surface area (Å²) in [5.41, 5.74) is 0.973. The van der Waals surface area contributed by atoms with Crippen molar-refractivity contribution in [1.29, 1.82) is 0 Å². The maximum atomic E-state index is 12.5. The lowest BCUT2D eigenvalue weighted by Crippen LogP contribution is -2.27. The van der Waals surface area contributed by atoms with Gasteiger partial charge in [-0.1, -0.05) is 31.4 Å². The second kappa shape index (κ2) is 11.1. The van der Waals surface area contributed by atoms with Crippen LogP contribution in [0.4, 0.5) is 0 Å². The molecule has 6 nitrogen and oxygen atoms in total. The van der Waals surface area contributed by atoms with Gasteiger partial charge in [-0.3, -0.25) is 4.79 Å². The fourth-order valence-electron chi connectivity index (χ4n) is 4.03.